The number of rotatable bonds is 3. The highest BCUT2D eigenvalue weighted by atomic mass is 16.2. The van der Waals surface area contributed by atoms with Gasteiger partial charge in [0, 0.05) is 12.2 Å². The number of nitrogens with two attached hydrogens (primary N) is 1. The van der Waals surface area contributed by atoms with Crippen LogP contribution in [0.4, 0.5) is 4.79 Å². The first-order valence-corrected chi connectivity index (χ1v) is 5.85. The van der Waals surface area contributed by atoms with Gasteiger partial charge in [0.1, 0.15) is 11.6 Å². The van der Waals surface area contributed by atoms with Gasteiger partial charge in [0.15, 0.2) is 0 Å². The number of nitrogens with one attached hydrogen (secondary N) is 3. The van der Waals surface area contributed by atoms with Crippen LogP contribution in [-0.4, -0.2) is 18.0 Å². The summed E-state index contributed by atoms with van der Waals surface area (Å²) < 4.78 is 0. The van der Waals surface area contributed by atoms with Crippen molar-refractivity contribution in [1.82, 2.24) is 16.1 Å². The van der Waals surface area contributed by atoms with E-state index in [2.05, 4.69) is 10.6 Å². The Morgan fingerprint density at radius 1 is 1.28 bits per heavy atom. The zero-order chi connectivity index (χ0) is 13.4. The highest BCUT2D eigenvalue weighted by molar-refractivity contribution is 5.97. The van der Waals surface area contributed by atoms with Gasteiger partial charge >= 0.3 is 6.03 Å². The molecule has 0 radical (unpaired) electrons. The number of urea groups is 1. The lowest BCUT2D eigenvalue weighted by molar-refractivity contribution is -0.117. The SMILES string of the molecule is N#C/C(=C\NC(=O)NC1CCCCC1)C(=O)NN. The normalized spacial score (nSPS) is 16.6. The zero-order valence-corrected chi connectivity index (χ0v) is 10.0. The molecule has 18 heavy (non-hydrogen) atoms. The fourth-order valence-corrected chi connectivity index (χ4v) is 1.84. The number of hydrazine groups is 1. The highest BCUT2D eigenvalue weighted by Gasteiger charge is 2.15. The van der Waals surface area contributed by atoms with Gasteiger partial charge in [0.2, 0.25) is 0 Å². The van der Waals surface area contributed by atoms with Gasteiger partial charge in [-0.05, 0) is 12.8 Å². The summed E-state index contributed by atoms with van der Waals surface area (Å²) in [4.78, 5) is 22.6. The maximum absolute atomic E-state index is 11.5. The molecule has 0 unspecified atom stereocenters. The van der Waals surface area contributed by atoms with Crippen LogP contribution in [-0.2, 0) is 4.79 Å². The van der Waals surface area contributed by atoms with Crippen molar-refractivity contribution in [3.8, 4) is 6.07 Å². The quantitative estimate of drug-likeness (QED) is 0.186. The Labute approximate surface area is 105 Å². The van der Waals surface area contributed by atoms with Gasteiger partial charge in [-0.2, -0.15) is 5.26 Å². The van der Waals surface area contributed by atoms with Crippen LogP contribution in [0.1, 0.15) is 32.1 Å². The molecule has 1 aliphatic carbocycles. The summed E-state index contributed by atoms with van der Waals surface area (Å²) in [5.74, 6) is 4.14. The van der Waals surface area contributed by atoms with Gasteiger partial charge in [-0.1, -0.05) is 19.3 Å². The third-order valence-corrected chi connectivity index (χ3v) is 2.78. The summed E-state index contributed by atoms with van der Waals surface area (Å²) in [7, 11) is 0. The zero-order valence-electron chi connectivity index (χ0n) is 10.0. The van der Waals surface area contributed by atoms with E-state index < -0.39 is 11.9 Å². The molecule has 1 rings (SSSR count). The van der Waals surface area contributed by atoms with Crippen LogP contribution in [0, 0.1) is 11.3 Å². The molecule has 0 aromatic carbocycles. The third kappa shape index (κ3) is 4.43. The highest BCUT2D eigenvalue weighted by Crippen LogP contribution is 2.17. The Balaban J connectivity index is 2.41. The number of amides is 3. The fourth-order valence-electron chi connectivity index (χ4n) is 1.84. The minimum Gasteiger partial charge on any atom is -0.335 e. The number of nitrogens with zero attached hydrogens (tertiary/aromatic N) is 1. The van der Waals surface area contributed by atoms with Crippen LogP contribution in [0.25, 0.3) is 0 Å². The first-order valence-electron chi connectivity index (χ1n) is 5.85. The standard InChI is InChI=1S/C11H17N5O2/c12-6-8(10(17)16-13)7-14-11(18)15-9-4-2-1-3-5-9/h7,9H,1-5,13H2,(H,16,17)(H2,14,15,18)/b8-7+. The van der Waals surface area contributed by atoms with Gasteiger partial charge in [-0.3, -0.25) is 10.2 Å². The molecule has 0 aromatic rings. The number of hydrogen-bond acceptors (Lipinski definition) is 4. The lowest BCUT2D eigenvalue weighted by Gasteiger charge is -2.22. The smallest absolute Gasteiger partial charge is 0.319 e. The Morgan fingerprint density at radius 2 is 1.94 bits per heavy atom. The molecular weight excluding hydrogens is 234 g/mol. The predicted octanol–water partition coefficient (Wildman–Crippen LogP) is 0.0157. The van der Waals surface area contributed by atoms with Crippen LogP contribution in [0.15, 0.2) is 11.8 Å². The van der Waals surface area contributed by atoms with Crippen molar-refractivity contribution in [3.63, 3.8) is 0 Å². The summed E-state index contributed by atoms with van der Waals surface area (Å²) in [5.41, 5.74) is 1.57. The van der Waals surface area contributed by atoms with Crippen molar-refractivity contribution in [2.45, 2.75) is 38.1 Å². The van der Waals surface area contributed by atoms with E-state index in [1.54, 1.807) is 6.07 Å². The second-order valence-corrected chi connectivity index (χ2v) is 4.10. The molecule has 0 atom stereocenters. The van der Waals surface area contributed by atoms with E-state index >= 15 is 0 Å². The molecule has 1 saturated carbocycles. The number of carbonyl (C=O) groups excluding carboxylic acids is 2. The molecule has 3 amide bonds. The molecule has 0 aromatic heterocycles. The van der Waals surface area contributed by atoms with Crippen LogP contribution in [0.5, 0.6) is 0 Å². The van der Waals surface area contributed by atoms with Gasteiger partial charge in [0.05, 0.1) is 0 Å². The number of nitriles is 1. The van der Waals surface area contributed by atoms with Crippen LogP contribution < -0.4 is 21.9 Å². The van der Waals surface area contributed by atoms with Crippen molar-refractivity contribution in [1.29, 1.82) is 5.26 Å². The molecule has 7 heteroatoms. The maximum Gasteiger partial charge on any atom is 0.319 e. The minimum atomic E-state index is -0.740. The summed E-state index contributed by atoms with van der Waals surface area (Å²) >= 11 is 0. The van der Waals surface area contributed by atoms with E-state index in [0.717, 1.165) is 31.9 Å². The summed E-state index contributed by atoms with van der Waals surface area (Å²) in [6.07, 6.45) is 6.39. The summed E-state index contributed by atoms with van der Waals surface area (Å²) in [5, 5.41) is 13.8. The Morgan fingerprint density at radius 3 is 2.50 bits per heavy atom. The molecule has 0 saturated heterocycles. The third-order valence-electron chi connectivity index (χ3n) is 2.78. The van der Waals surface area contributed by atoms with Crippen molar-refractivity contribution in [3.05, 3.63) is 11.8 Å². The molecular formula is C11H17N5O2. The Hall–Kier alpha value is -2.07. The molecule has 98 valence electrons. The first kappa shape index (κ1) is 14.0. The Kier molecular flexibility index (Phi) is 5.67. The van der Waals surface area contributed by atoms with Gasteiger partial charge in [0.25, 0.3) is 5.91 Å². The van der Waals surface area contributed by atoms with Gasteiger partial charge < -0.3 is 10.6 Å². The monoisotopic (exact) mass is 251 g/mol. The van der Waals surface area contributed by atoms with E-state index in [0.29, 0.717) is 0 Å². The first-order chi connectivity index (χ1) is 8.67. The van der Waals surface area contributed by atoms with Crippen LogP contribution >= 0.6 is 0 Å². The van der Waals surface area contributed by atoms with Crippen LogP contribution in [0.2, 0.25) is 0 Å². The largest absolute Gasteiger partial charge is 0.335 e. The molecule has 0 spiro atoms. The minimum absolute atomic E-state index is 0.168. The molecule has 0 heterocycles. The molecule has 7 nitrogen and oxygen atoms in total. The maximum atomic E-state index is 11.5. The fraction of sp³-hybridized carbons (Fsp3) is 0.545. The summed E-state index contributed by atoms with van der Waals surface area (Å²) in [6.45, 7) is 0. The number of hydrogen-bond donors (Lipinski definition) is 4. The van der Waals surface area contributed by atoms with E-state index in [1.807, 2.05) is 5.43 Å². The average molecular weight is 251 g/mol. The van der Waals surface area contributed by atoms with Crippen molar-refractivity contribution >= 4 is 11.9 Å². The summed E-state index contributed by atoms with van der Waals surface area (Å²) in [6, 6.07) is 1.39. The number of carbonyl (C=O) groups is 2. The van der Waals surface area contributed by atoms with Gasteiger partial charge in [-0.15, -0.1) is 0 Å². The Bertz CT molecular complexity index is 379. The van der Waals surface area contributed by atoms with Crippen molar-refractivity contribution < 1.29 is 9.59 Å². The van der Waals surface area contributed by atoms with Crippen molar-refractivity contribution in [2.75, 3.05) is 0 Å². The lowest BCUT2D eigenvalue weighted by atomic mass is 9.96. The predicted molar refractivity (Wildman–Crippen MR) is 64.6 cm³/mol. The molecule has 1 fully saturated rings. The van der Waals surface area contributed by atoms with E-state index in [-0.39, 0.29) is 11.6 Å². The van der Waals surface area contributed by atoms with Crippen molar-refractivity contribution in [2.24, 2.45) is 5.84 Å². The van der Waals surface area contributed by atoms with E-state index in [9.17, 15) is 9.59 Å². The van der Waals surface area contributed by atoms with E-state index in [1.165, 1.54) is 6.42 Å². The van der Waals surface area contributed by atoms with E-state index in [4.69, 9.17) is 11.1 Å². The lowest BCUT2D eigenvalue weighted by Crippen LogP contribution is -2.41. The molecule has 1 aliphatic rings. The molecule has 5 N–H and O–H groups in total. The molecule has 0 bridgehead atoms. The van der Waals surface area contributed by atoms with Gasteiger partial charge in [-0.25, -0.2) is 10.6 Å². The second-order valence-electron chi connectivity index (χ2n) is 4.10. The average Bonchev–Trinajstić information content (AvgIpc) is 2.40. The second kappa shape index (κ2) is 7.29. The topological polar surface area (TPSA) is 120 Å². The molecule has 0 aliphatic heterocycles. The van der Waals surface area contributed by atoms with Crippen LogP contribution in [0.3, 0.4) is 0 Å².